The van der Waals surface area contributed by atoms with Gasteiger partial charge in [0.2, 0.25) is 0 Å². The largest absolute Gasteiger partial charge is 0.483 e. The van der Waals surface area contributed by atoms with E-state index in [0.717, 1.165) is 65.6 Å². The van der Waals surface area contributed by atoms with Crippen molar-refractivity contribution in [1.29, 1.82) is 0 Å². The fourth-order valence-corrected chi connectivity index (χ4v) is 5.81. The molecule has 0 radical (unpaired) electrons. The molecule has 5 rings (SSSR count). The molecule has 2 aromatic heterocycles. The lowest BCUT2D eigenvalue weighted by atomic mass is 10.1. The maximum Gasteiger partial charge on any atom is 0.290 e. The number of hydrogen-bond acceptors (Lipinski definition) is 6. The van der Waals surface area contributed by atoms with Gasteiger partial charge in [0.1, 0.15) is 0 Å². The molecule has 1 aliphatic rings. The fraction of sp³-hybridized carbons (Fsp3) is 0.393. The lowest BCUT2D eigenvalue weighted by molar-refractivity contribution is -0.122. The lowest BCUT2D eigenvalue weighted by Crippen LogP contribution is -2.29. The average molecular weight is 522 g/mol. The first-order valence-electron chi connectivity index (χ1n) is 12.9. The number of thiazole rings is 1. The molecule has 0 bridgehead atoms. The summed E-state index contributed by atoms with van der Waals surface area (Å²) < 4.78 is 3.22. The molecule has 1 fully saturated rings. The van der Waals surface area contributed by atoms with Crippen molar-refractivity contribution >= 4 is 44.6 Å². The van der Waals surface area contributed by atoms with E-state index in [2.05, 4.69) is 63.8 Å². The third-order valence-corrected chi connectivity index (χ3v) is 7.82. The molecule has 9 heteroatoms. The van der Waals surface area contributed by atoms with Crippen LogP contribution in [0.25, 0.3) is 26.4 Å². The summed E-state index contributed by atoms with van der Waals surface area (Å²) in [4.78, 5) is 31.7. The number of hydrogen-bond donors (Lipinski definition) is 2. The lowest BCUT2D eigenvalue weighted by Gasteiger charge is -2.17. The zero-order valence-corrected chi connectivity index (χ0v) is 22.3. The van der Waals surface area contributed by atoms with Gasteiger partial charge in [-0.1, -0.05) is 37.3 Å². The van der Waals surface area contributed by atoms with Crippen LogP contribution in [0.1, 0.15) is 43.5 Å². The summed E-state index contributed by atoms with van der Waals surface area (Å²) >= 11 is 1.63. The van der Waals surface area contributed by atoms with E-state index >= 15 is 0 Å². The van der Waals surface area contributed by atoms with E-state index < -0.39 is 0 Å². The van der Waals surface area contributed by atoms with Crippen molar-refractivity contribution in [3.63, 3.8) is 0 Å². The summed E-state index contributed by atoms with van der Waals surface area (Å²) in [5.41, 5.74) is 5.22. The van der Waals surface area contributed by atoms with Crippen LogP contribution in [0.3, 0.4) is 0 Å². The molecule has 37 heavy (non-hydrogen) atoms. The van der Waals surface area contributed by atoms with Crippen LogP contribution in [0.5, 0.6) is 0 Å². The van der Waals surface area contributed by atoms with Crippen LogP contribution in [-0.2, 0) is 4.79 Å². The van der Waals surface area contributed by atoms with E-state index in [1.165, 1.54) is 18.5 Å². The number of nitrogens with zero attached hydrogens (tertiary/aromatic N) is 4. The summed E-state index contributed by atoms with van der Waals surface area (Å²) in [5.74, 6) is -0.00750. The normalized spacial score (nSPS) is 13.2. The van der Waals surface area contributed by atoms with E-state index in [1.807, 2.05) is 18.2 Å². The van der Waals surface area contributed by atoms with E-state index in [9.17, 15) is 4.79 Å². The third kappa shape index (κ3) is 6.29. The monoisotopic (exact) mass is 521 g/mol. The van der Waals surface area contributed by atoms with Crippen LogP contribution < -0.4 is 10.2 Å². The molecule has 0 spiro atoms. The van der Waals surface area contributed by atoms with Gasteiger partial charge in [-0.25, -0.2) is 4.98 Å². The number of carbonyl (C=O) groups excluding carboxylic acids is 1. The van der Waals surface area contributed by atoms with E-state index in [4.69, 9.17) is 14.9 Å². The SMILES string of the molecule is CCN(CC)CCCNC(=O)c1ccc2c(c1)sc1nc(-c3cccc(N4CCCC4)c3)cn12.O=CO. The van der Waals surface area contributed by atoms with E-state index in [0.29, 0.717) is 12.1 Å². The number of carboxylic acid groups (broad SMARTS) is 1. The number of fused-ring (bicyclic) bond motifs is 3. The molecule has 3 heterocycles. The predicted octanol–water partition coefficient (Wildman–Crippen LogP) is 4.98. The van der Waals surface area contributed by atoms with Gasteiger partial charge in [-0.2, -0.15) is 0 Å². The van der Waals surface area contributed by atoms with Crippen molar-refractivity contribution in [3.05, 3.63) is 54.2 Å². The molecular formula is C28H35N5O3S. The zero-order valence-electron chi connectivity index (χ0n) is 21.5. The highest BCUT2D eigenvalue weighted by atomic mass is 32.1. The van der Waals surface area contributed by atoms with Gasteiger partial charge < -0.3 is 20.2 Å². The Balaban J connectivity index is 0.00000102. The summed E-state index contributed by atoms with van der Waals surface area (Å²) in [5, 5.41) is 9.96. The highest BCUT2D eigenvalue weighted by molar-refractivity contribution is 7.23. The molecule has 2 N–H and O–H groups in total. The first-order valence-corrected chi connectivity index (χ1v) is 13.7. The minimum absolute atomic E-state index is 0.00750. The van der Waals surface area contributed by atoms with Gasteiger partial charge in [0.15, 0.2) is 4.96 Å². The van der Waals surface area contributed by atoms with Crippen LogP contribution in [0.15, 0.2) is 48.7 Å². The highest BCUT2D eigenvalue weighted by Gasteiger charge is 2.16. The summed E-state index contributed by atoms with van der Waals surface area (Å²) in [6, 6.07) is 14.7. The molecule has 4 aromatic rings. The van der Waals surface area contributed by atoms with Crippen molar-refractivity contribution in [2.24, 2.45) is 0 Å². The molecule has 0 saturated carbocycles. The second-order valence-electron chi connectivity index (χ2n) is 9.05. The van der Waals surface area contributed by atoms with Crippen molar-refractivity contribution < 1.29 is 14.7 Å². The molecule has 8 nitrogen and oxygen atoms in total. The van der Waals surface area contributed by atoms with Gasteiger partial charge in [0.05, 0.1) is 15.9 Å². The molecular weight excluding hydrogens is 486 g/mol. The first kappa shape index (κ1) is 26.6. The first-order chi connectivity index (χ1) is 18.1. The Kier molecular flexibility index (Phi) is 9.14. The number of anilines is 1. The maximum atomic E-state index is 12.7. The molecule has 0 unspecified atom stereocenters. The van der Waals surface area contributed by atoms with E-state index in [1.54, 1.807) is 11.3 Å². The number of carbonyl (C=O) groups is 2. The minimum atomic E-state index is -0.250. The summed E-state index contributed by atoms with van der Waals surface area (Å²) in [7, 11) is 0. The summed E-state index contributed by atoms with van der Waals surface area (Å²) in [6.45, 7) is 10.2. The van der Waals surface area contributed by atoms with Crippen LogP contribution in [0.4, 0.5) is 5.69 Å². The second kappa shape index (κ2) is 12.7. The molecule has 196 valence electrons. The van der Waals surface area contributed by atoms with Gasteiger partial charge in [0.25, 0.3) is 12.4 Å². The highest BCUT2D eigenvalue weighted by Crippen LogP contribution is 2.32. The third-order valence-electron chi connectivity index (χ3n) is 6.80. The van der Waals surface area contributed by atoms with Gasteiger partial charge in [0, 0.05) is 42.6 Å². The number of amides is 1. The standard InChI is InChI=1S/C27H33N5OS.CH2O2/c1-3-30(4-2)14-8-13-28-26(33)21-11-12-24-25(18-21)34-27-29-23(19-32(24)27)20-9-7-10-22(17-20)31-15-5-6-16-31;2-1-3/h7,9-12,17-19H,3-6,8,13-16H2,1-2H3,(H,28,33);1H,(H,2,3). The topological polar surface area (TPSA) is 90.2 Å². The number of nitrogens with one attached hydrogen (secondary N) is 1. The molecule has 1 aliphatic heterocycles. The number of benzene rings is 2. The molecule has 0 atom stereocenters. The van der Waals surface area contributed by atoms with Crippen molar-refractivity contribution in [3.8, 4) is 11.3 Å². The van der Waals surface area contributed by atoms with E-state index in [-0.39, 0.29) is 12.4 Å². The zero-order chi connectivity index (χ0) is 26.2. The number of imidazole rings is 1. The van der Waals surface area contributed by atoms with Gasteiger partial charge >= 0.3 is 0 Å². The Morgan fingerprint density at radius 1 is 1.16 bits per heavy atom. The number of aromatic nitrogens is 2. The molecule has 0 aliphatic carbocycles. The Morgan fingerprint density at radius 2 is 1.92 bits per heavy atom. The van der Waals surface area contributed by atoms with Gasteiger partial charge in [-0.05, 0) is 69.2 Å². The van der Waals surface area contributed by atoms with Gasteiger partial charge in [-0.3, -0.25) is 14.0 Å². The Hall–Kier alpha value is -3.43. The predicted molar refractivity (Wildman–Crippen MR) is 151 cm³/mol. The van der Waals surface area contributed by atoms with Crippen molar-refractivity contribution in [2.75, 3.05) is 44.2 Å². The Morgan fingerprint density at radius 3 is 2.65 bits per heavy atom. The summed E-state index contributed by atoms with van der Waals surface area (Å²) in [6.07, 6.45) is 5.62. The Bertz CT molecular complexity index is 1340. The van der Waals surface area contributed by atoms with Crippen LogP contribution in [0, 0.1) is 0 Å². The minimum Gasteiger partial charge on any atom is -0.483 e. The van der Waals surface area contributed by atoms with Gasteiger partial charge in [-0.15, -0.1) is 0 Å². The van der Waals surface area contributed by atoms with Crippen molar-refractivity contribution in [1.82, 2.24) is 19.6 Å². The Labute approximate surface area is 221 Å². The second-order valence-corrected chi connectivity index (χ2v) is 10.1. The smallest absolute Gasteiger partial charge is 0.290 e. The number of rotatable bonds is 9. The van der Waals surface area contributed by atoms with Crippen molar-refractivity contribution in [2.45, 2.75) is 33.1 Å². The maximum absolute atomic E-state index is 12.7. The van der Waals surface area contributed by atoms with Crippen LogP contribution in [-0.4, -0.2) is 71.0 Å². The van der Waals surface area contributed by atoms with Crippen LogP contribution >= 0.6 is 11.3 Å². The fourth-order valence-electron chi connectivity index (χ4n) is 4.77. The molecule has 2 aromatic carbocycles. The molecule has 1 saturated heterocycles. The molecule has 1 amide bonds. The quantitative estimate of drug-likeness (QED) is 0.239. The average Bonchev–Trinajstić information content (AvgIpc) is 3.66. The van der Waals surface area contributed by atoms with Crippen LogP contribution in [0.2, 0.25) is 0 Å².